The van der Waals surface area contributed by atoms with Crippen LogP contribution in [0.4, 0.5) is 0 Å². The van der Waals surface area contributed by atoms with Gasteiger partial charge in [-0.05, 0) is 58.7 Å². The molecule has 0 bridgehead atoms. The van der Waals surface area contributed by atoms with Crippen LogP contribution in [-0.4, -0.2) is 54.0 Å². The van der Waals surface area contributed by atoms with Gasteiger partial charge in [0.15, 0.2) is 5.79 Å². The molecule has 0 aromatic heterocycles. The molecule has 1 aromatic carbocycles. The number of piperidine rings is 1. The molecule has 0 N–H and O–H groups in total. The Labute approximate surface area is 187 Å². The van der Waals surface area contributed by atoms with Gasteiger partial charge in [0.05, 0.1) is 19.3 Å². The molecule has 1 aromatic rings. The van der Waals surface area contributed by atoms with E-state index in [-0.39, 0.29) is 29.4 Å². The lowest BCUT2D eigenvalue weighted by molar-refractivity contribution is -0.351. The molecule has 6 heteroatoms. The zero-order valence-electron chi connectivity index (χ0n) is 20.0. The number of hydrogen-bond donors (Lipinski definition) is 0. The van der Waals surface area contributed by atoms with E-state index >= 15 is 0 Å². The van der Waals surface area contributed by atoms with E-state index in [0.717, 1.165) is 43.6 Å². The van der Waals surface area contributed by atoms with E-state index in [0.29, 0.717) is 13.2 Å². The molecule has 3 aliphatic rings. The maximum absolute atomic E-state index is 6.59. The Morgan fingerprint density at radius 1 is 1.03 bits per heavy atom. The van der Waals surface area contributed by atoms with Crippen LogP contribution in [-0.2, 0) is 19.0 Å². The highest BCUT2D eigenvalue weighted by atomic mass is 16.7. The average molecular weight is 434 g/mol. The third-order valence-corrected chi connectivity index (χ3v) is 6.48. The summed E-state index contributed by atoms with van der Waals surface area (Å²) >= 11 is 0. The number of hydroxylamine groups is 2. The summed E-state index contributed by atoms with van der Waals surface area (Å²) in [6.07, 6.45) is 4.12. The maximum atomic E-state index is 6.59. The molecule has 3 heterocycles. The largest absolute Gasteiger partial charge is 0.491 e. The van der Waals surface area contributed by atoms with Gasteiger partial charge in [-0.15, -0.1) is 0 Å². The molecule has 0 amide bonds. The summed E-state index contributed by atoms with van der Waals surface area (Å²) in [5.41, 5.74) is 0.660. The molecular formula is C25H39NO5. The van der Waals surface area contributed by atoms with Gasteiger partial charge in [0.2, 0.25) is 0 Å². The quantitative estimate of drug-likeness (QED) is 0.537. The molecule has 1 spiro atoms. The van der Waals surface area contributed by atoms with Crippen molar-refractivity contribution in [3.63, 3.8) is 0 Å². The minimum Gasteiger partial charge on any atom is -0.491 e. The fourth-order valence-corrected chi connectivity index (χ4v) is 5.30. The molecule has 3 fully saturated rings. The van der Waals surface area contributed by atoms with Gasteiger partial charge in [-0.2, -0.15) is 5.06 Å². The van der Waals surface area contributed by atoms with Crippen molar-refractivity contribution in [1.29, 1.82) is 0 Å². The number of nitrogens with zero attached hydrogens (tertiary/aromatic N) is 1. The molecule has 0 radical (unpaired) electrons. The van der Waals surface area contributed by atoms with Gasteiger partial charge < -0.3 is 18.9 Å². The van der Waals surface area contributed by atoms with Crippen LogP contribution in [0.1, 0.15) is 78.9 Å². The lowest BCUT2D eigenvalue weighted by Gasteiger charge is -2.56. The fraction of sp³-hybridized carbons (Fsp3) is 0.760. The molecule has 174 valence electrons. The van der Waals surface area contributed by atoms with Crippen LogP contribution in [0.2, 0.25) is 0 Å². The van der Waals surface area contributed by atoms with E-state index in [1.807, 2.05) is 12.1 Å². The van der Waals surface area contributed by atoms with E-state index in [9.17, 15) is 0 Å². The van der Waals surface area contributed by atoms with Crippen molar-refractivity contribution < 1.29 is 23.8 Å². The fourth-order valence-electron chi connectivity index (χ4n) is 5.30. The zero-order valence-corrected chi connectivity index (χ0v) is 20.0. The van der Waals surface area contributed by atoms with Crippen LogP contribution in [0.3, 0.4) is 0 Å². The molecule has 31 heavy (non-hydrogen) atoms. The summed E-state index contributed by atoms with van der Waals surface area (Å²) < 4.78 is 23.7. The highest BCUT2D eigenvalue weighted by Crippen LogP contribution is 2.49. The molecular weight excluding hydrogens is 394 g/mol. The van der Waals surface area contributed by atoms with Gasteiger partial charge in [0.25, 0.3) is 0 Å². The second kappa shape index (κ2) is 8.64. The van der Waals surface area contributed by atoms with Crippen molar-refractivity contribution in [3.05, 3.63) is 29.8 Å². The van der Waals surface area contributed by atoms with Gasteiger partial charge >= 0.3 is 0 Å². The van der Waals surface area contributed by atoms with Crippen LogP contribution in [0.25, 0.3) is 0 Å². The summed E-state index contributed by atoms with van der Waals surface area (Å²) in [4.78, 5) is 6.59. The van der Waals surface area contributed by atoms with Crippen molar-refractivity contribution in [1.82, 2.24) is 5.06 Å². The highest BCUT2D eigenvalue weighted by Gasteiger charge is 2.57. The Kier molecular flexibility index (Phi) is 6.41. The molecule has 3 atom stereocenters. The third kappa shape index (κ3) is 5.25. The number of hydrogen-bond acceptors (Lipinski definition) is 6. The maximum Gasteiger partial charge on any atom is 0.172 e. The van der Waals surface area contributed by atoms with Crippen molar-refractivity contribution in [2.75, 3.05) is 19.8 Å². The number of epoxide rings is 1. The monoisotopic (exact) mass is 433 g/mol. The molecule has 6 nitrogen and oxygen atoms in total. The van der Waals surface area contributed by atoms with E-state index in [1.54, 1.807) is 0 Å². The van der Waals surface area contributed by atoms with Gasteiger partial charge in [0, 0.05) is 23.9 Å². The van der Waals surface area contributed by atoms with Crippen LogP contribution >= 0.6 is 0 Å². The van der Waals surface area contributed by atoms with E-state index in [4.69, 9.17) is 23.8 Å². The van der Waals surface area contributed by atoms with Crippen molar-refractivity contribution in [3.8, 4) is 5.75 Å². The second-order valence-electron chi connectivity index (χ2n) is 10.6. The number of benzene rings is 1. The number of rotatable bonds is 8. The van der Waals surface area contributed by atoms with Crippen LogP contribution < -0.4 is 4.74 Å². The topological polar surface area (TPSA) is 52.7 Å². The predicted molar refractivity (Wildman–Crippen MR) is 119 cm³/mol. The molecule has 3 aliphatic heterocycles. The van der Waals surface area contributed by atoms with Gasteiger partial charge in [-0.1, -0.05) is 25.5 Å². The Hall–Kier alpha value is -1.18. The predicted octanol–water partition coefficient (Wildman–Crippen LogP) is 5.02. The molecule has 4 rings (SSSR count). The minimum atomic E-state index is -0.514. The molecule has 3 unspecified atom stereocenters. The van der Waals surface area contributed by atoms with E-state index in [2.05, 4.69) is 58.7 Å². The lowest BCUT2D eigenvalue weighted by atomic mass is 9.78. The second-order valence-corrected chi connectivity index (χ2v) is 10.6. The standard InChI is InChI=1S/C25H39NO5/c1-7-8-21-15-29-25(30-21)16-23(3,4)26(24(5,6)17-25)31-18(2)19-9-11-20(12-10-19)27-13-22-14-28-22/h9-12,18,21-22H,7-8,13-17H2,1-6H3. The van der Waals surface area contributed by atoms with E-state index in [1.165, 1.54) is 0 Å². The van der Waals surface area contributed by atoms with E-state index < -0.39 is 5.79 Å². The van der Waals surface area contributed by atoms with Gasteiger partial charge in [-0.25, -0.2) is 0 Å². The summed E-state index contributed by atoms with van der Waals surface area (Å²) in [6.45, 7) is 15.3. The zero-order chi connectivity index (χ0) is 22.3. The summed E-state index contributed by atoms with van der Waals surface area (Å²) in [5.74, 6) is 0.351. The van der Waals surface area contributed by atoms with Crippen LogP contribution in [0, 0.1) is 0 Å². The Bertz CT molecular complexity index is 725. The van der Waals surface area contributed by atoms with Crippen molar-refractivity contribution >= 4 is 0 Å². The third-order valence-electron chi connectivity index (χ3n) is 6.48. The lowest BCUT2D eigenvalue weighted by Crippen LogP contribution is -2.65. The highest BCUT2D eigenvalue weighted by molar-refractivity contribution is 5.28. The first kappa shape index (κ1) is 23.0. The van der Waals surface area contributed by atoms with Crippen LogP contribution in [0.5, 0.6) is 5.75 Å². The Balaban J connectivity index is 1.41. The number of ether oxygens (including phenoxy) is 4. The summed E-state index contributed by atoms with van der Waals surface area (Å²) in [6, 6.07) is 8.18. The molecule has 3 saturated heterocycles. The first-order valence-electron chi connectivity index (χ1n) is 11.8. The molecule has 0 aliphatic carbocycles. The first-order valence-corrected chi connectivity index (χ1v) is 11.8. The SMILES string of the molecule is CCCC1COC2(CC(C)(C)N(OC(C)c3ccc(OCC4CO4)cc3)C(C)(C)C2)O1. The molecule has 0 saturated carbocycles. The van der Waals surface area contributed by atoms with Crippen molar-refractivity contribution in [2.24, 2.45) is 0 Å². The van der Waals surface area contributed by atoms with Gasteiger partial charge in [-0.3, -0.25) is 4.84 Å². The first-order chi connectivity index (χ1) is 14.6. The smallest absolute Gasteiger partial charge is 0.172 e. The minimum absolute atomic E-state index is 0.0772. The summed E-state index contributed by atoms with van der Waals surface area (Å²) in [5, 5.41) is 2.17. The Morgan fingerprint density at radius 2 is 1.68 bits per heavy atom. The van der Waals surface area contributed by atoms with Crippen LogP contribution in [0.15, 0.2) is 24.3 Å². The average Bonchev–Trinajstić information content (AvgIpc) is 3.45. The Morgan fingerprint density at radius 3 is 2.26 bits per heavy atom. The summed E-state index contributed by atoms with van der Waals surface area (Å²) in [7, 11) is 0. The van der Waals surface area contributed by atoms with Gasteiger partial charge in [0.1, 0.15) is 24.6 Å². The van der Waals surface area contributed by atoms with Crippen molar-refractivity contribution in [2.45, 2.75) is 102 Å². The normalized spacial score (nSPS) is 29.7.